The van der Waals surface area contributed by atoms with Crippen LogP contribution in [-0.4, -0.2) is 46.8 Å². The average Bonchev–Trinajstić information content (AvgIpc) is 3.62. The summed E-state index contributed by atoms with van der Waals surface area (Å²) >= 11 is 0. The molecule has 2 aromatic carbocycles. The predicted molar refractivity (Wildman–Crippen MR) is 129 cm³/mol. The molecule has 2 bridgehead atoms. The van der Waals surface area contributed by atoms with E-state index in [0.717, 1.165) is 24.5 Å². The standard InChI is InChI=1S/C28H32F3N3O2/c1-33(16-17-5-3-2-4-6-17)26(35)28(9-10-28)27(36)34-20-7-8-21(34)12-19(11-20)25(32)14-18-13-23(30)24(31)15-22(18)29/h2-6,13,15,19-21,25H,7-12,14,16,32H2,1H3. The zero-order valence-corrected chi connectivity index (χ0v) is 20.4. The van der Waals surface area contributed by atoms with Crippen molar-refractivity contribution < 1.29 is 22.8 Å². The second-order valence-corrected chi connectivity index (χ2v) is 10.8. The first-order valence-electron chi connectivity index (χ1n) is 12.7. The van der Waals surface area contributed by atoms with Gasteiger partial charge in [-0.2, -0.15) is 0 Å². The molecule has 2 aromatic rings. The number of benzene rings is 2. The van der Waals surface area contributed by atoms with E-state index in [2.05, 4.69) is 0 Å². The molecule has 2 saturated heterocycles. The van der Waals surface area contributed by atoms with E-state index in [-0.39, 0.29) is 41.8 Å². The topological polar surface area (TPSA) is 66.6 Å². The number of carbonyl (C=O) groups excluding carboxylic acids is 2. The number of piperidine rings is 1. The fourth-order valence-electron chi connectivity index (χ4n) is 6.23. The van der Waals surface area contributed by atoms with Crippen molar-refractivity contribution in [3.63, 3.8) is 0 Å². The Morgan fingerprint density at radius 2 is 1.64 bits per heavy atom. The number of hydrogen-bond acceptors (Lipinski definition) is 3. The first-order chi connectivity index (χ1) is 17.2. The Morgan fingerprint density at radius 1 is 1.03 bits per heavy atom. The molecule has 0 spiro atoms. The molecule has 3 atom stereocenters. The number of nitrogens with zero attached hydrogens (tertiary/aromatic N) is 2. The van der Waals surface area contributed by atoms with Crippen LogP contribution in [0.5, 0.6) is 0 Å². The summed E-state index contributed by atoms with van der Waals surface area (Å²) < 4.78 is 41.1. The predicted octanol–water partition coefficient (Wildman–Crippen LogP) is 4.18. The fraction of sp³-hybridized carbons (Fsp3) is 0.500. The molecular weight excluding hydrogens is 467 g/mol. The maximum Gasteiger partial charge on any atom is 0.238 e. The molecule has 2 aliphatic heterocycles. The van der Waals surface area contributed by atoms with Gasteiger partial charge < -0.3 is 15.5 Å². The SMILES string of the molecule is CN(Cc1ccccc1)C(=O)C1(C(=O)N2C3CCC2CC(C(N)Cc2cc(F)c(F)cc2F)C3)CC1. The van der Waals surface area contributed by atoms with Crippen LogP contribution in [0.3, 0.4) is 0 Å². The van der Waals surface area contributed by atoms with Gasteiger partial charge in [0, 0.05) is 37.8 Å². The summed E-state index contributed by atoms with van der Waals surface area (Å²) in [6, 6.07) is 10.7. The minimum atomic E-state index is -1.22. The van der Waals surface area contributed by atoms with E-state index in [1.165, 1.54) is 0 Å². The van der Waals surface area contributed by atoms with Gasteiger partial charge in [-0.1, -0.05) is 30.3 Å². The fourth-order valence-corrected chi connectivity index (χ4v) is 6.23. The van der Waals surface area contributed by atoms with Crippen molar-refractivity contribution in [1.29, 1.82) is 0 Å². The Balaban J connectivity index is 1.24. The highest BCUT2D eigenvalue weighted by Crippen LogP contribution is 2.52. The van der Waals surface area contributed by atoms with Crippen LogP contribution in [0.2, 0.25) is 0 Å². The van der Waals surface area contributed by atoms with E-state index in [4.69, 9.17) is 5.73 Å². The zero-order chi connectivity index (χ0) is 25.6. The molecule has 5 nitrogen and oxygen atoms in total. The van der Waals surface area contributed by atoms with E-state index in [9.17, 15) is 22.8 Å². The molecule has 0 radical (unpaired) electrons. The molecular formula is C28H32F3N3O2. The molecule has 3 aliphatic rings. The quantitative estimate of drug-likeness (QED) is 0.459. The van der Waals surface area contributed by atoms with Gasteiger partial charge in [-0.15, -0.1) is 0 Å². The Labute approximate surface area is 209 Å². The molecule has 192 valence electrons. The molecule has 0 aromatic heterocycles. The summed E-state index contributed by atoms with van der Waals surface area (Å²) in [4.78, 5) is 30.7. The van der Waals surface area contributed by atoms with Gasteiger partial charge >= 0.3 is 0 Å². The van der Waals surface area contributed by atoms with Crippen molar-refractivity contribution in [3.05, 3.63) is 71.0 Å². The first-order valence-corrected chi connectivity index (χ1v) is 12.7. The minimum Gasteiger partial charge on any atom is -0.340 e. The van der Waals surface area contributed by atoms with Gasteiger partial charge in [-0.05, 0) is 68.1 Å². The minimum absolute atomic E-state index is 0.00759. The number of hydrogen-bond donors (Lipinski definition) is 1. The van der Waals surface area contributed by atoms with Crippen LogP contribution in [0.15, 0.2) is 42.5 Å². The number of rotatable bonds is 7. The summed E-state index contributed by atoms with van der Waals surface area (Å²) in [6.45, 7) is 0.457. The van der Waals surface area contributed by atoms with Gasteiger partial charge in [0.25, 0.3) is 0 Å². The maximum atomic E-state index is 14.2. The van der Waals surface area contributed by atoms with Crippen molar-refractivity contribution in [2.45, 2.75) is 69.6 Å². The molecule has 2 heterocycles. The summed E-state index contributed by atoms with van der Waals surface area (Å²) in [6.07, 6.45) is 4.27. The maximum absolute atomic E-state index is 14.2. The molecule has 36 heavy (non-hydrogen) atoms. The van der Waals surface area contributed by atoms with E-state index >= 15 is 0 Å². The first kappa shape index (κ1) is 24.8. The highest BCUT2D eigenvalue weighted by molar-refractivity contribution is 6.08. The van der Waals surface area contributed by atoms with Crippen molar-refractivity contribution in [2.24, 2.45) is 17.1 Å². The number of halogens is 3. The van der Waals surface area contributed by atoms with Gasteiger partial charge in [-0.3, -0.25) is 9.59 Å². The molecule has 5 rings (SSSR count). The van der Waals surface area contributed by atoms with Gasteiger partial charge in [0.05, 0.1) is 0 Å². The van der Waals surface area contributed by atoms with Gasteiger partial charge in [0.2, 0.25) is 11.8 Å². The Hall–Kier alpha value is -2.87. The lowest BCUT2D eigenvalue weighted by Crippen LogP contribution is -2.54. The summed E-state index contributed by atoms with van der Waals surface area (Å²) in [5.41, 5.74) is 6.54. The van der Waals surface area contributed by atoms with Crippen molar-refractivity contribution >= 4 is 11.8 Å². The molecule has 2 amide bonds. The third kappa shape index (κ3) is 4.51. The number of fused-ring (bicyclic) bond motifs is 2. The molecule has 1 aliphatic carbocycles. The van der Waals surface area contributed by atoms with Crippen LogP contribution in [-0.2, 0) is 22.6 Å². The highest BCUT2D eigenvalue weighted by atomic mass is 19.2. The largest absolute Gasteiger partial charge is 0.340 e. The van der Waals surface area contributed by atoms with E-state index in [0.29, 0.717) is 38.3 Å². The van der Waals surface area contributed by atoms with Crippen LogP contribution in [0.25, 0.3) is 0 Å². The highest BCUT2D eigenvalue weighted by Gasteiger charge is 2.61. The number of carbonyl (C=O) groups is 2. The van der Waals surface area contributed by atoms with E-state index < -0.39 is 28.9 Å². The van der Waals surface area contributed by atoms with Crippen LogP contribution in [0.4, 0.5) is 13.2 Å². The van der Waals surface area contributed by atoms with Crippen LogP contribution < -0.4 is 5.73 Å². The van der Waals surface area contributed by atoms with Gasteiger partial charge in [-0.25, -0.2) is 13.2 Å². The molecule has 1 saturated carbocycles. The van der Waals surface area contributed by atoms with Crippen molar-refractivity contribution in [1.82, 2.24) is 9.80 Å². The monoisotopic (exact) mass is 499 g/mol. The van der Waals surface area contributed by atoms with Gasteiger partial charge in [0.15, 0.2) is 11.6 Å². The molecule has 8 heteroatoms. The van der Waals surface area contributed by atoms with E-state index in [1.54, 1.807) is 11.9 Å². The number of amides is 2. The summed E-state index contributed by atoms with van der Waals surface area (Å²) in [5, 5.41) is 0. The van der Waals surface area contributed by atoms with E-state index in [1.807, 2.05) is 35.2 Å². The molecule has 2 N–H and O–H groups in total. The Bertz CT molecular complexity index is 1140. The van der Waals surface area contributed by atoms with Crippen LogP contribution in [0, 0.1) is 28.8 Å². The second kappa shape index (κ2) is 9.54. The van der Waals surface area contributed by atoms with Crippen molar-refractivity contribution in [3.8, 4) is 0 Å². The third-order valence-corrected chi connectivity index (χ3v) is 8.33. The van der Waals surface area contributed by atoms with Crippen molar-refractivity contribution in [2.75, 3.05) is 7.05 Å². The Kier molecular flexibility index (Phi) is 6.57. The Morgan fingerprint density at radius 3 is 2.25 bits per heavy atom. The lowest BCUT2D eigenvalue weighted by atomic mass is 9.82. The normalized spacial score (nSPS) is 24.9. The average molecular weight is 500 g/mol. The zero-order valence-electron chi connectivity index (χ0n) is 20.4. The molecule has 3 fully saturated rings. The molecule has 3 unspecified atom stereocenters. The van der Waals surface area contributed by atoms with Crippen LogP contribution >= 0.6 is 0 Å². The summed E-state index contributed by atoms with van der Waals surface area (Å²) in [5.74, 6) is -3.26. The number of nitrogens with two attached hydrogens (primary N) is 1. The smallest absolute Gasteiger partial charge is 0.238 e. The van der Waals surface area contributed by atoms with Gasteiger partial charge in [0.1, 0.15) is 11.2 Å². The third-order valence-electron chi connectivity index (χ3n) is 8.33. The lowest BCUT2D eigenvalue weighted by Gasteiger charge is -2.42. The lowest BCUT2D eigenvalue weighted by molar-refractivity contribution is -0.152. The summed E-state index contributed by atoms with van der Waals surface area (Å²) in [7, 11) is 1.75. The second-order valence-electron chi connectivity index (χ2n) is 10.8. The van der Waals surface area contributed by atoms with Crippen LogP contribution in [0.1, 0.15) is 49.7 Å².